The van der Waals surface area contributed by atoms with Crippen LogP contribution in [-0.4, -0.2) is 35.0 Å². The number of carbonyl (C=O) groups excluding carboxylic acids is 1. The van der Waals surface area contributed by atoms with E-state index in [1.54, 1.807) is 0 Å². The Kier molecular flexibility index (Phi) is 4.25. The lowest BCUT2D eigenvalue weighted by molar-refractivity contribution is -0.154. The van der Waals surface area contributed by atoms with Crippen LogP contribution in [0.2, 0.25) is 0 Å². The molecule has 0 bridgehead atoms. The van der Waals surface area contributed by atoms with Crippen molar-refractivity contribution in [1.82, 2.24) is 4.90 Å². The zero-order chi connectivity index (χ0) is 13.0. The lowest BCUT2D eigenvalue weighted by Crippen LogP contribution is -2.38. The molecule has 1 heterocycles. The smallest absolute Gasteiger partial charge is 0.310 e. The molecule has 4 nitrogen and oxygen atoms in total. The SMILES string of the molecule is O=C(CC1(C(=O)O)CCCCCC1)N1CCCC1. The molecule has 0 aromatic carbocycles. The fraction of sp³-hybridized carbons (Fsp3) is 0.857. The van der Waals surface area contributed by atoms with E-state index in [9.17, 15) is 14.7 Å². The maximum atomic E-state index is 12.2. The molecule has 2 aliphatic rings. The third kappa shape index (κ3) is 2.85. The summed E-state index contributed by atoms with van der Waals surface area (Å²) in [6.07, 6.45) is 7.77. The largest absolute Gasteiger partial charge is 0.481 e. The van der Waals surface area contributed by atoms with Gasteiger partial charge in [-0.1, -0.05) is 25.7 Å². The lowest BCUT2D eigenvalue weighted by atomic mass is 9.77. The van der Waals surface area contributed by atoms with E-state index in [-0.39, 0.29) is 12.3 Å². The molecule has 102 valence electrons. The third-order valence-electron chi connectivity index (χ3n) is 4.46. The molecule has 1 aliphatic heterocycles. The van der Waals surface area contributed by atoms with Gasteiger partial charge in [0.05, 0.1) is 5.41 Å². The minimum atomic E-state index is -0.782. The monoisotopic (exact) mass is 253 g/mol. The summed E-state index contributed by atoms with van der Waals surface area (Å²) in [5, 5.41) is 9.53. The van der Waals surface area contributed by atoms with Gasteiger partial charge in [-0.15, -0.1) is 0 Å². The van der Waals surface area contributed by atoms with Gasteiger partial charge in [-0.2, -0.15) is 0 Å². The van der Waals surface area contributed by atoms with E-state index in [1.807, 2.05) is 4.90 Å². The minimum Gasteiger partial charge on any atom is -0.481 e. The molecule has 18 heavy (non-hydrogen) atoms. The van der Waals surface area contributed by atoms with Gasteiger partial charge in [0.1, 0.15) is 0 Å². The van der Waals surface area contributed by atoms with Crippen molar-refractivity contribution in [2.45, 2.75) is 57.8 Å². The Balaban J connectivity index is 2.04. The topological polar surface area (TPSA) is 57.6 Å². The van der Waals surface area contributed by atoms with Gasteiger partial charge < -0.3 is 10.0 Å². The molecule has 0 radical (unpaired) electrons. The average molecular weight is 253 g/mol. The molecule has 1 amide bonds. The first-order valence-electron chi connectivity index (χ1n) is 7.15. The highest BCUT2D eigenvalue weighted by Gasteiger charge is 2.41. The van der Waals surface area contributed by atoms with Crippen molar-refractivity contribution in [3.05, 3.63) is 0 Å². The summed E-state index contributed by atoms with van der Waals surface area (Å²) in [6.45, 7) is 1.63. The van der Waals surface area contributed by atoms with Gasteiger partial charge in [0.15, 0.2) is 0 Å². The lowest BCUT2D eigenvalue weighted by Gasteiger charge is -2.29. The van der Waals surface area contributed by atoms with Gasteiger partial charge in [-0.3, -0.25) is 9.59 Å². The number of rotatable bonds is 3. The Morgan fingerprint density at radius 2 is 1.50 bits per heavy atom. The van der Waals surface area contributed by atoms with E-state index in [0.717, 1.165) is 51.6 Å². The molecule has 0 aromatic heterocycles. The second-order valence-corrected chi connectivity index (χ2v) is 5.76. The summed E-state index contributed by atoms with van der Waals surface area (Å²) < 4.78 is 0. The van der Waals surface area contributed by atoms with Gasteiger partial charge in [-0.05, 0) is 25.7 Å². The van der Waals surface area contributed by atoms with Crippen LogP contribution in [-0.2, 0) is 9.59 Å². The molecule has 4 heteroatoms. The second-order valence-electron chi connectivity index (χ2n) is 5.76. The highest BCUT2D eigenvalue weighted by Crippen LogP contribution is 2.39. The van der Waals surface area contributed by atoms with E-state index >= 15 is 0 Å². The number of carboxylic acids is 1. The summed E-state index contributed by atoms with van der Waals surface area (Å²) in [7, 11) is 0. The van der Waals surface area contributed by atoms with E-state index in [1.165, 1.54) is 0 Å². The van der Waals surface area contributed by atoms with E-state index < -0.39 is 11.4 Å². The third-order valence-corrected chi connectivity index (χ3v) is 4.46. The molecule has 0 atom stereocenters. The number of amides is 1. The van der Waals surface area contributed by atoms with Crippen molar-refractivity contribution in [3.8, 4) is 0 Å². The molecule has 2 rings (SSSR count). The molecule has 2 fully saturated rings. The highest BCUT2D eigenvalue weighted by atomic mass is 16.4. The fourth-order valence-electron chi connectivity index (χ4n) is 3.24. The number of hydrogen-bond donors (Lipinski definition) is 1. The molecule has 1 saturated heterocycles. The predicted molar refractivity (Wildman–Crippen MR) is 68.2 cm³/mol. The van der Waals surface area contributed by atoms with Crippen molar-refractivity contribution in [2.75, 3.05) is 13.1 Å². The molecule has 0 spiro atoms. The van der Waals surface area contributed by atoms with Gasteiger partial charge >= 0.3 is 5.97 Å². The van der Waals surface area contributed by atoms with E-state index in [0.29, 0.717) is 12.8 Å². The first-order valence-corrected chi connectivity index (χ1v) is 7.15. The summed E-state index contributed by atoms with van der Waals surface area (Å²) in [5.74, 6) is -0.714. The maximum Gasteiger partial charge on any atom is 0.310 e. The number of carbonyl (C=O) groups is 2. The van der Waals surface area contributed by atoms with Crippen LogP contribution >= 0.6 is 0 Å². The molecular weight excluding hydrogens is 230 g/mol. The molecule has 0 unspecified atom stereocenters. The summed E-state index contributed by atoms with van der Waals surface area (Å²) >= 11 is 0. The number of hydrogen-bond acceptors (Lipinski definition) is 2. The van der Waals surface area contributed by atoms with Crippen LogP contribution < -0.4 is 0 Å². The number of nitrogens with zero attached hydrogens (tertiary/aromatic N) is 1. The van der Waals surface area contributed by atoms with Crippen molar-refractivity contribution in [3.63, 3.8) is 0 Å². The van der Waals surface area contributed by atoms with Crippen molar-refractivity contribution in [2.24, 2.45) is 5.41 Å². The van der Waals surface area contributed by atoms with Crippen LogP contribution in [0.4, 0.5) is 0 Å². The second kappa shape index (κ2) is 5.72. The number of aliphatic carboxylic acids is 1. The Labute approximate surface area is 108 Å². The quantitative estimate of drug-likeness (QED) is 0.786. The van der Waals surface area contributed by atoms with Crippen LogP contribution in [0.5, 0.6) is 0 Å². The van der Waals surface area contributed by atoms with Crippen molar-refractivity contribution >= 4 is 11.9 Å². The van der Waals surface area contributed by atoms with E-state index in [4.69, 9.17) is 0 Å². The Morgan fingerprint density at radius 3 is 2.00 bits per heavy atom. The summed E-state index contributed by atoms with van der Waals surface area (Å²) in [6, 6.07) is 0. The summed E-state index contributed by atoms with van der Waals surface area (Å²) in [4.78, 5) is 25.6. The van der Waals surface area contributed by atoms with Crippen molar-refractivity contribution in [1.29, 1.82) is 0 Å². The normalized spacial score (nSPS) is 23.7. The molecular formula is C14H23NO3. The van der Waals surface area contributed by atoms with Crippen LogP contribution in [0, 0.1) is 5.41 Å². The van der Waals surface area contributed by atoms with E-state index in [2.05, 4.69) is 0 Å². The number of likely N-dealkylation sites (tertiary alicyclic amines) is 1. The number of carboxylic acid groups (broad SMARTS) is 1. The van der Waals surface area contributed by atoms with Crippen LogP contribution in [0.15, 0.2) is 0 Å². The average Bonchev–Trinajstić information content (AvgIpc) is 2.77. The molecule has 0 aromatic rings. The Bertz CT molecular complexity index is 313. The Morgan fingerprint density at radius 1 is 0.944 bits per heavy atom. The fourth-order valence-corrected chi connectivity index (χ4v) is 3.24. The predicted octanol–water partition coefficient (Wildman–Crippen LogP) is 2.42. The van der Waals surface area contributed by atoms with Crippen LogP contribution in [0.1, 0.15) is 57.8 Å². The minimum absolute atomic E-state index is 0.0526. The zero-order valence-corrected chi connectivity index (χ0v) is 11.0. The van der Waals surface area contributed by atoms with Gasteiger partial charge in [-0.25, -0.2) is 0 Å². The first-order chi connectivity index (χ1) is 8.64. The van der Waals surface area contributed by atoms with Gasteiger partial charge in [0.2, 0.25) is 5.91 Å². The summed E-state index contributed by atoms with van der Waals surface area (Å²) in [5.41, 5.74) is -0.782. The van der Waals surface area contributed by atoms with Crippen LogP contribution in [0.25, 0.3) is 0 Å². The van der Waals surface area contributed by atoms with Crippen LogP contribution in [0.3, 0.4) is 0 Å². The van der Waals surface area contributed by atoms with Gasteiger partial charge in [0, 0.05) is 19.5 Å². The maximum absolute atomic E-state index is 12.2. The molecule has 1 N–H and O–H groups in total. The Hall–Kier alpha value is -1.06. The standard InChI is InChI=1S/C14H23NO3/c16-12(15-9-5-6-10-15)11-14(13(17)18)7-3-1-2-4-8-14/h1-11H2,(H,17,18). The molecule has 1 aliphatic carbocycles. The highest BCUT2D eigenvalue weighted by molar-refractivity contribution is 5.85. The van der Waals surface area contributed by atoms with Crippen molar-refractivity contribution < 1.29 is 14.7 Å². The first kappa shape index (κ1) is 13.4. The zero-order valence-electron chi connectivity index (χ0n) is 11.0. The van der Waals surface area contributed by atoms with Gasteiger partial charge in [0.25, 0.3) is 0 Å². The molecule has 1 saturated carbocycles.